The molecule has 0 saturated carbocycles. The number of methoxy groups -OCH3 is 1. The molecule has 0 bridgehead atoms. The zero-order valence-electron chi connectivity index (χ0n) is 11.0. The highest BCUT2D eigenvalue weighted by molar-refractivity contribution is 6.45. The highest BCUT2D eigenvalue weighted by Gasteiger charge is 2.19. The molecular formula is C14H15ClN2O3. The number of carbonyl (C=O) groups excluding carboxylic acids is 2. The van der Waals surface area contributed by atoms with Crippen molar-refractivity contribution in [3.8, 4) is 0 Å². The standard InChI is InChI=1S/C14H15ClN2O3/c1-20-6-2-5-16-14(19)13(18)11-8-17-12-7-9(15)3-4-10(11)12/h3-4,7-8,17H,2,5-6H2,1H3,(H,16,19). The van der Waals surface area contributed by atoms with Crippen LogP contribution >= 0.6 is 11.6 Å². The molecule has 2 N–H and O–H groups in total. The van der Waals surface area contributed by atoms with Crippen LogP contribution in [0.2, 0.25) is 5.02 Å². The summed E-state index contributed by atoms with van der Waals surface area (Å²) >= 11 is 5.87. The molecule has 6 heteroatoms. The third kappa shape index (κ3) is 3.18. The lowest BCUT2D eigenvalue weighted by molar-refractivity contribution is -0.117. The van der Waals surface area contributed by atoms with Gasteiger partial charge in [0.1, 0.15) is 0 Å². The molecular weight excluding hydrogens is 280 g/mol. The van der Waals surface area contributed by atoms with Gasteiger partial charge in [0.2, 0.25) is 0 Å². The summed E-state index contributed by atoms with van der Waals surface area (Å²) < 4.78 is 4.87. The van der Waals surface area contributed by atoms with Gasteiger partial charge < -0.3 is 15.0 Å². The molecule has 0 aliphatic carbocycles. The van der Waals surface area contributed by atoms with E-state index in [2.05, 4.69) is 10.3 Å². The van der Waals surface area contributed by atoms with Crippen LogP contribution in [0, 0.1) is 0 Å². The predicted molar refractivity (Wildman–Crippen MR) is 77.1 cm³/mol. The van der Waals surface area contributed by atoms with Gasteiger partial charge in [0, 0.05) is 42.4 Å². The molecule has 2 rings (SSSR count). The maximum atomic E-state index is 12.1. The number of halogens is 1. The van der Waals surface area contributed by atoms with Crippen LogP contribution in [-0.4, -0.2) is 36.9 Å². The molecule has 0 fully saturated rings. The number of amides is 1. The Hall–Kier alpha value is -1.85. The van der Waals surface area contributed by atoms with E-state index in [1.165, 1.54) is 6.20 Å². The van der Waals surface area contributed by atoms with Crippen LogP contribution in [0.5, 0.6) is 0 Å². The predicted octanol–water partition coefficient (Wildman–Crippen LogP) is 2.16. The van der Waals surface area contributed by atoms with Crippen molar-refractivity contribution in [3.05, 3.63) is 35.0 Å². The molecule has 20 heavy (non-hydrogen) atoms. The smallest absolute Gasteiger partial charge is 0.292 e. The molecule has 0 atom stereocenters. The van der Waals surface area contributed by atoms with Crippen LogP contribution in [0.15, 0.2) is 24.4 Å². The van der Waals surface area contributed by atoms with Gasteiger partial charge in [-0.15, -0.1) is 0 Å². The maximum Gasteiger partial charge on any atom is 0.292 e. The number of aromatic amines is 1. The normalized spacial score (nSPS) is 10.7. The lowest BCUT2D eigenvalue weighted by Gasteiger charge is -2.03. The molecule has 1 aromatic heterocycles. The molecule has 1 amide bonds. The summed E-state index contributed by atoms with van der Waals surface area (Å²) in [6, 6.07) is 5.12. The zero-order valence-corrected chi connectivity index (χ0v) is 11.8. The van der Waals surface area contributed by atoms with E-state index in [0.717, 1.165) is 5.52 Å². The topological polar surface area (TPSA) is 71.2 Å². The number of benzene rings is 1. The minimum atomic E-state index is -0.614. The molecule has 0 spiro atoms. The van der Waals surface area contributed by atoms with E-state index in [-0.39, 0.29) is 0 Å². The summed E-state index contributed by atoms with van der Waals surface area (Å²) in [7, 11) is 1.59. The van der Waals surface area contributed by atoms with Crippen molar-refractivity contribution in [2.45, 2.75) is 6.42 Å². The quantitative estimate of drug-likeness (QED) is 0.487. The lowest BCUT2D eigenvalue weighted by Crippen LogP contribution is -2.32. The summed E-state index contributed by atoms with van der Waals surface area (Å²) in [5.41, 5.74) is 1.08. The number of hydrogen-bond donors (Lipinski definition) is 2. The minimum absolute atomic E-state index is 0.348. The van der Waals surface area contributed by atoms with Gasteiger partial charge in [-0.3, -0.25) is 9.59 Å². The number of aromatic nitrogens is 1. The number of Topliss-reactive ketones (excluding diaryl/α,β-unsaturated/α-hetero) is 1. The monoisotopic (exact) mass is 294 g/mol. The van der Waals surface area contributed by atoms with Crippen LogP contribution in [0.1, 0.15) is 16.8 Å². The average Bonchev–Trinajstić information content (AvgIpc) is 2.85. The van der Waals surface area contributed by atoms with Gasteiger partial charge >= 0.3 is 0 Å². The summed E-state index contributed by atoms with van der Waals surface area (Å²) in [4.78, 5) is 26.8. The van der Waals surface area contributed by atoms with Gasteiger partial charge in [0.25, 0.3) is 11.7 Å². The molecule has 0 aliphatic rings. The Kier molecular flexibility index (Phi) is 4.76. The number of ether oxygens (including phenoxy) is 1. The summed E-state index contributed by atoms with van der Waals surface area (Å²) in [6.45, 7) is 0.951. The molecule has 0 radical (unpaired) electrons. The van der Waals surface area contributed by atoms with Crippen molar-refractivity contribution in [2.75, 3.05) is 20.3 Å². The molecule has 5 nitrogen and oxygen atoms in total. The van der Waals surface area contributed by atoms with Crippen molar-refractivity contribution >= 4 is 34.2 Å². The summed E-state index contributed by atoms with van der Waals surface area (Å²) in [6.07, 6.45) is 2.19. The first-order valence-electron chi connectivity index (χ1n) is 6.21. The van der Waals surface area contributed by atoms with Crippen molar-refractivity contribution in [3.63, 3.8) is 0 Å². The van der Waals surface area contributed by atoms with E-state index in [0.29, 0.717) is 35.5 Å². The van der Waals surface area contributed by atoms with Crippen molar-refractivity contribution in [1.82, 2.24) is 10.3 Å². The molecule has 106 valence electrons. The summed E-state index contributed by atoms with van der Waals surface area (Å²) in [5.74, 6) is -1.17. The van der Waals surface area contributed by atoms with E-state index in [9.17, 15) is 9.59 Å². The van der Waals surface area contributed by atoms with Crippen LogP contribution < -0.4 is 5.32 Å². The fourth-order valence-electron chi connectivity index (χ4n) is 1.91. The fourth-order valence-corrected chi connectivity index (χ4v) is 2.08. The third-order valence-electron chi connectivity index (χ3n) is 2.91. The second-order valence-corrected chi connectivity index (χ2v) is 4.76. The number of hydrogen-bond acceptors (Lipinski definition) is 3. The SMILES string of the molecule is COCCCNC(=O)C(=O)c1c[nH]c2cc(Cl)ccc12. The van der Waals surface area contributed by atoms with Crippen LogP contribution in [0.25, 0.3) is 10.9 Å². The number of carbonyl (C=O) groups is 2. The number of H-pyrrole nitrogens is 1. The zero-order chi connectivity index (χ0) is 14.5. The second-order valence-electron chi connectivity index (χ2n) is 4.32. The fraction of sp³-hybridized carbons (Fsp3) is 0.286. The Morgan fingerprint density at radius 3 is 2.95 bits per heavy atom. The van der Waals surface area contributed by atoms with Gasteiger partial charge in [-0.05, 0) is 18.6 Å². The Morgan fingerprint density at radius 1 is 1.40 bits per heavy atom. The molecule has 2 aromatic rings. The molecule has 0 aliphatic heterocycles. The second kappa shape index (κ2) is 6.54. The first kappa shape index (κ1) is 14.6. The largest absolute Gasteiger partial charge is 0.385 e. The van der Waals surface area contributed by atoms with Crippen molar-refractivity contribution < 1.29 is 14.3 Å². The Labute approximate surface area is 121 Å². The van der Waals surface area contributed by atoms with Gasteiger partial charge in [-0.2, -0.15) is 0 Å². The van der Waals surface area contributed by atoms with Gasteiger partial charge in [-0.25, -0.2) is 0 Å². The molecule has 0 saturated heterocycles. The van der Waals surface area contributed by atoms with E-state index in [4.69, 9.17) is 16.3 Å². The Balaban J connectivity index is 2.09. The maximum absolute atomic E-state index is 12.1. The Bertz CT molecular complexity index is 636. The van der Waals surface area contributed by atoms with E-state index in [1.54, 1.807) is 25.3 Å². The van der Waals surface area contributed by atoms with E-state index >= 15 is 0 Å². The van der Waals surface area contributed by atoms with Gasteiger partial charge in [0.05, 0.1) is 5.56 Å². The van der Waals surface area contributed by atoms with E-state index in [1.807, 2.05) is 0 Å². The van der Waals surface area contributed by atoms with Gasteiger partial charge in [-0.1, -0.05) is 17.7 Å². The van der Waals surface area contributed by atoms with Gasteiger partial charge in [0.15, 0.2) is 0 Å². The average molecular weight is 295 g/mol. The summed E-state index contributed by atoms with van der Waals surface area (Å²) in [5, 5.41) is 3.83. The first-order valence-corrected chi connectivity index (χ1v) is 6.59. The number of nitrogens with one attached hydrogen (secondary N) is 2. The number of rotatable bonds is 6. The molecule has 0 unspecified atom stereocenters. The van der Waals surface area contributed by atoms with Crippen LogP contribution in [0.4, 0.5) is 0 Å². The highest BCUT2D eigenvalue weighted by atomic mass is 35.5. The first-order chi connectivity index (χ1) is 9.63. The van der Waals surface area contributed by atoms with Crippen molar-refractivity contribution in [2.24, 2.45) is 0 Å². The number of ketones is 1. The third-order valence-corrected chi connectivity index (χ3v) is 3.14. The Morgan fingerprint density at radius 2 is 2.20 bits per heavy atom. The molecule has 1 heterocycles. The molecule has 1 aromatic carbocycles. The lowest BCUT2D eigenvalue weighted by atomic mass is 10.1. The highest BCUT2D eigenvalue weighted by Crippen LogP contribution is 2.22. The van der Waals surface area contributed by atoms with Crippen LogP contribution in [0.3, 0.4) is 0 Å². The van der Waals surface area contributed by atoms with Crippen LogP contribution in [-0.2, 0) is 9.53 Å². The number of fused-ring (bicyclic) bond motifs is 1. The van der Waals surface area contributed by atoms with Crippen molar-refractivity contribution in [1.29, 1.82) is 0 Å². The van der Waals surface area contributed by atoms with E-state index < -0.39 is 11.7 Å². The minimum Gasteiger partial charge on any atom is -0.385 e.